The molecule has 0 aromatic heterocycles. The van der Waals surface area contributed by atoms with Gasteiger partial charge >= 0.3 is 0 Å². The molecule has 1 aromatic carbocycles. The minimum atomic E-state index is 0.396. The molecule has 2 rings (SSSR count). The molecule has 1 aliphatic heterocycles. The highest BCUT2D eigenvalue weighted by Gasteiger charge is 2.19. The maximum atomic E-state index is 4.66. The van der Waals surface area contributed by atoms with Crippen LogP contribution in [-0.2, 0) is 0 Å². The van der Waals surface area contributed by atoms with Gasteiger partial charge < -0.3 is 5.32 Å². The number of thioether (sulfide) groups is 1. The molecule has 0 aliphatic carbocycles. The lowest BCUT2D eigenvalue weighted by molar-refractivity contribution is 0.537. The minimum absolute atomic E-state index is 0.396. The third kappa shape index (κ3) is 3.48. The number of anilines is 1. The number of hydrogen-bond donors (Lipinski definition) is 1. The smallest absolute Gasteiger partial charge is 0.161 e. The van der Waals surface area contributed by atoms with Gasteiger partial charge in [-0.2, -0.15) is 0 Å². The van der Waals surface area contributed by atoms with Crippen molar-refractivity contribution < 1.29 is 0 Å². The number of halogens is 2. The van der Waals surface area contributed by atoms with Gasteiger partial charge in [-0.1, -0.05) is 34.6 Å². The van der Waals surface area contributed by atoms with Crippen LogP contribution < -0.4 is 5.32 Å². The summed E-state index contributed by atoms with van der Waals surface area (Å²) in [5, 5.41) is 4.39. The highest BCUT2D eigenvalue weighted by atomic mass is 79.9. The lowest BCUT2D eigenvalue weighted by Gasteiger charge is -2.24. The molecule has 0 bridgehead atoms. The maximum absolute atomic E-state index is 4.66. The number of nitrogens with one attached hydrogen (secondary N) is 1. The first-order valence-electron chi connectivity index (χ1n) is 5.49. The highest BCUT2D eigenvalue weighted by molar-refractivity contribution is 9.11. The largest absolute Gasteiger partial charge is 0.334 e. The van der Waals surface area contributed by atoms with Gasteiger partial charge in [0.15, 0.2) is 5.17 Å². The molecule has 0 spiro atoms. The fraction of sp³-hybridized carbons (Fsp3) is 0.417. The zero-order valence-electron chi connectivity index (χ0n) is 9.71. The van der Waals surface area contributed by atoms with Gasteiger partial charge in [0.1, 0.15) is 0 Å². The van der Waals surface area contributed by atoms with Crippen LogP contribution in [0.3, 0.4) is 0 Å². The summed E-state index contributed by atoms with van der Waals surface area (Å²) >= 11 is 8.78. The van der Waals surface area contributed by atoms with E-state index in [4.69, 9.17) is 0 Å². The van der Waals surface area contributed by atoms with E-state index in [2.05, 4.69) is 56.0 Å². The predicted octanol–water partition coefficient (Wildman–Crippen LogP) is 4.75. The van der Waals surface area contributed by atoms with Gasteiger partial charge in [-0.15, -0.1) is 0 Å². The van der Waals surface area contributed by atoms with Gasteiger partial charge in [0, 0.05) is 14.7 Å². The third-order valence-corrected chi connectivity index (χ3v) is 5.12. The SMILES string of the molecule is CC1CSC(Nc2ccc(Br)cc2Br)=NC1C. The second-order valence-electron chi connectivity index (χ2n) is 4.21. The van der Waals surface area contributed by atoms with E-state index in [0.717, 1.165) is 25.6 Å². The molecule has 0 saturated heterocycles. The standard InChI is InChI=1S/C12H14Br2N2S/c1-7-6-17-12(15-8(7)2)16-11-4-3-9(13)5-10(11)14/h3-5,7-8H,6H2,1-2H3,(H,15,16). The van der Waals surface area contributed by atoms with Crippen LogP contribution >= 0.6 is 43.6 Å². The molecule has 1 aromatic rings. The second kappa shape index (κ2) is 5.76. The number of nitrogens with zero attached hydrogens (tertiary/aromatic N) is 1. The van der Waals surface area contributed by atoms with Crippen LogP contribution in [-0.4, -0.2) is 17.0 Å². The first-order chi connectivity index (χ1) is 8.06. The van der Waals surface area contributed by atoms with Crippen molar-refractivity contribution in [2.45, 2.75) is 19.9 Å². The average Bonchev–Trinajstić information content (AvgIpc) is 2.27. The van der Waals surface area contributed by atoms with Crippen molar-refractivity contribution >= 4 is 54.5 Å². The number of aliphatic imine (C=N–C) groups is 1. The van der Waals surface area contributed by atoms with Gasteiger partial charge in [-0.05, 0) is 47.0 Å². The molecule has 92 valence electrons. The van der Waals surface area contributed by atoms with Gasteiger partial charge in [0.05, 0.1) is 11.7 Å². The third-order valence-electron chi connectivity index (χ3n) is 2.80. The van der Waals surface area contributed by atoms with Crippen LogP contribution in [0.4, 0.5) is 5.69 Å². The van der Waals surface area contributed by atoms with E-state index < -0.39 is 0 Å². The summed E-state index contributed by atoms with van der Waals surface area (Å²) in [7, 11) is 0. The molecule has 5 heteroatoms. The molecule has 0 amide bonds. The summed E-state index contributed by atoms with van der Waals surface area (Å²) in [4.78, 5) is 4.66. The van der Waals surface area contributed by atoms with Gasteiger partial charge in [-0.3, -0.25) is 4.99 Å². The highest BCUT2D eigenvalue weighted by Crippen LogP contribution is 2.29. The molecule has 0 fully saturated rings. The molecule has 1 heterocycles. The molecule has 1 aliphatic rings. The number of benzene rings is 1. The Balaban J connectivity index is 2.13. The normalized spacial score (nSPS) is 24.4. The number of rotatable bonds is 1. The first kappa shape index (κ1) is 13.4. The van der Waals surface area contributed by atoms with Crippen molar-refractivity contribution in [1.82, 2.24) is 0 Å². The molecule has 0 saturated carbocycles. The van der Waals surface area contributed by atoms with Crippen molar-refractivity contribution in [1.29, 1.82) is 0 Å². The summed E-state index contributed by atoms with van der Waals surface area (Å²) < 4.78 is 2.11. The Bertz CT molecular complexity index is 448. The Hall–Kier alpha value is -0.0000000000000000555. The van der Waals surface area contributed by atoms with Crippen LogP contribution in [0.15, 0.2) is 32.1 Å². The predicted molar refractivity (Wildman–Crippen MR) is 84.0 cm³/mol. The monoisotopic (exact) mass is 376 g/mol. The van der Waals surface area contributed by atoms with Crippen molar-refractivity contribution in [2.24, 2.45) is 10.9 Å². The van der Waals surface area contributed by atoms with Crippen LogP contribution in [0.1, 0.15) is 13.8 Å². The lowest BCUT2D eigenvalue weighted by atomic mass is 10.1. The Labute approximate surface area is 123 Å². The average molecular weight is 378 g/mol. The Morgan fingerprint density at radius 2 is 2.12 bits per heavy atom. The van der Waals surface area contributed by atoms with Gasteiger partial charge in [0.25, 0.3) is 0 Å². The number of amidine groups is 1. The fourth-order valence-corrected chi connectivity index (χ4v) is 3.74. The molecule has 2 unspecified atom stereocenters. The number of hydrogen-bond acceptors (Lipinski definition) is 3. The summed E-state index contributed by atoms with van der Waals surface area (Å²) in [6.07, 6.45) is 0. The van der Waals surface area contributed by atoms with Crippen LogP contribution in [0, 0.1) is 5.92 Å². The molecule has 0 radical (unpaired) electrons. The van der Waals surface area contributed by atoms with Crippen LogP contribution in [0.5, 0.6) is 0 Å². The van der Waals surface area contributed by atoms with Crippen molar-refractivity contribution in [3.63, 3.8) is 0 Å². The second-order valence-corrected chi connectivity index (χ2v) is 6.99. The van der Waals surface area contributed by atoms with Crippen molar-refractivity contribution in [2.75, 3.05) is 11.1 Å². The lowest BCUT2D eigenvalue weighted by Crippen LogP contribution is -2.25. The summed E-state index contributed by atoms with van der Waals surface area (Å²) in [5.41, 5.74) is 1.06. The van der Waals surface area contributed by atoms with Crippen LogP contribution in [0.2, 0.25) is 0 Å². The van der Waals surface area contributed by atoms with Crippen molar-refractivity contribution in [3.05, 3.63) is 27.1 Å². The minimum Gasteiger partial charge on any atom is -0.334 e. The fourth-order valence-electron chi connectivity index (χ4n) is 1.47. The first-order valence-corrected chi connectivity index (χ1v) is 8.06. The van der Waals surface area contributed by atoms with E-state index in [1.165, 1.54) is 0 Å². The van der Waals surface area contributed by atoms with E-state index in [-0.39, 0.29) is 0 Å². The summed E-state index contributed by atoms with van der Waals surface area (Å²) in [6, 6.07) is 6.49. The van der Waals surface area contributed by atoms with Gasteiger partial charge in [-0.25, -0.2) is 0 Å². The Kier molecular flexibility index (Phi) is 4.55. The molecular formula is C12H14Br2N2S. The van der Waals surface area contributed by atoms with Crippen LogP contribution in [0.25, 0.3) is 0 Å². The molecule has 1 N–H and O–H groups in total. The van der Waals surface area contributed by atoms with Gasteiger partial charge in [0.2, 0.25) is 0 Å². The van der Waals surface area contributed by atoms with E-state index in [9.17, 15) is 0 Å². The summed E-state index contributed by atoms with van der Waals surface area (Å²) in [5.74, 6) is 1.78. The Morgan fingerprint density at radius 3 is 2.76 bits per heavy atom. The van der Waals surface area contributed by atoms with E-state index in [1.54, 1.807) is 11.8 Å². The molecular weight excluding hydrogens is 364 g/mol. The zero-order valence-corrected chi connectivity index (χ0v) is 13.7. The maximum Gasteiger partial charge on any atom is 0.161 e. The molecule has 2 atom stereocenters. The molecule has 17 heavy (non-hydrogen) atoms. The van der Waals surface area contributed by atoms with E-state index in [0.29, 0.717) is 12.0 Å². The Morgan fingerprint density at radius 1 is 1.35 bits per heavy atom. The quantitative estimate of drug-likeness (QED) is 0.763. The van der Waals surface area contributed by atoms with Crippen molar-refractivity contribution in [3.8, 4) is 0 Å². The molecule has 2 nitrogen and oxygen atoms in total. The van der Waals surface area contributed by atoms with E-state index in [1.807, 2.05) is 18.2 Å². The zero-order chi connectivity index (χ0) is 12.4. The van der Waals surface area contributed by atoms with E-state index >= 15 is 0 Å². The summed E-state index contributed by atoms with van der Waals surface area (Å²) in [6.45, 7) is 4.41. The topological polar surface area (TPSA) is 24.4 Å².